The molecule has 0 aliphatic carbocycles. The summed E-state index contributed by atoms with van der Waals surface area (Å²) in [5, 5.41) is 0. The molecule has 90 valence electrons. The summed E-state index contributed by atoms with van der Waals surface area (Å²) in [6.45, 7) is 3.11. The Balaban J connectivity index is 2.31. The van der Waals surface area contributed by atoms with Crippen LogP contribution in [-0.2, 0) is 6.42 Å². The van der Waals surface area contributed by atoms with Gasteiger partial charge in [-0.05, 0) is 19.5 Å². The van der Waals surface area contributed by atoms with E-state index in [1.165, 1.54) is 0 Å². The molecule has 0 atom stereocenters. The number of nitrogens with zero attached hydrogens (tertiary/aromatic N) is 3. The minimum atomic E-state index is 0.572. The van der Waals surface area contributed by atoms with Gasteiger partial charge in [0, 0.05) is 24.9 Å². The summed E-state index contributed by atoms with van der Waals surface area (Å²) < 4.78 is 7.30. The van der Waals surface area contributed by atoms with Crippen LogP contribution < -0.4 is 10.5 Å². The lowest BCUT2D eigenvalue weighted by atomic mass is 10.4. The fourth-order valence-corrected chi connectivity index (χ4v) is 1.62. The molecule has 5 nitrogen and oxygen atoms in total. The molecule has 17 heavy (non-hydrogen) atoms. The Kier molecular flexibility index (Phi) is 3.72. The Morgan fingerprint density at radius 2 is 2.29 bits per heavy atom. The average molecular weight is 232 g/mol. The van der Waals surface area contributed by atoms with Crippen molar-refractivity contribution in [2.45, 2.75) is 13.3 Å². The monoisotopic (exact) mass is 232 g/mol. The van der Waals surface area contributed by atoms with E-state index in [0.717, 1.165) is 18.1 Å². The Morgan fingerprint density at radius 1 is 1.41 bits per heavy atom. The summed E-state index contributed by atoms with van der Waals surface area (Å²) >= 11 is 0. The van der Waals surface area contributed by atoms with Crippen LogP contribution in [0.1, 0.15) is 12.7 Å². The summed E-state index contributed by atoms with van der Waals surface area (Å²) in [5.74, 6) is 2.34. The van der Waals surface area contributed by atoms with Crippen LogP contribution >= 0.6 is 0 Å². The van der Waals surface area contributed by atoms with Crippen molar-refractivity contribution in [1.82, 2.24) is 14.5 Å². The first kappa shape index (κ1) is 11.6. The lowest BCUT2D eigenvalue weighted by Gasteiger charge is -2.08. The highest BCUT2D eigenvalue weighted by Crippen LogP contribution is 2.13. The van der Waals surface area contributed by atoms with Crippen LogP contribution in [0.5, 0.6) is 5.88 Å². The standard InChI is InChI=1S/C12H16N4O/c1-2-17-12-5-3-4-11(15-12)16-9-8-14-10(16)6-7-13/h3-5,8-9H,2,6-7,13H2,1H3. The van der Waals surface area contributed by atoms with Gasteiger partial charge in [-0.3, -0.25) is 4.57 Å². The maximum absolute atomic E-state index is 5.55. The molecule has 5 heteroatoms. The first-order valence-corrected chi connectivity index (χ1v) is 5.67. The van der Waals surface area contributed by atoms with E-state index in [-0.39, 0.29) is 0 Å². The fraction of sp³-hybridized carbons (Fsp3) is 0.333. The quantitative estimate of drug-likeness (QED) is 0.840. The van der Waals surface area contributed by atoms with Crippen molar-refractivity contribution in [3.63, 3.8) is 0 Å². The molecule has 2 aromatic rings. The first-order valence-electron chi connectivity index (χ1n) is 5.67. The van der Waals surface area contributed by atoms with E-state index in [2.05, 4.69) is 9.97 Å². The number of rotatable bonds is 5. The maximum atomic E-state index is 5.55. The van der Waals surface area contributed by atoms with Gasteiger partial charge in [-0.15, -0.1) is 0 Å². The van der Waals surface area contributed by atoms with Gasteiger partial charge in [0.2, 0.25) is 5.88 Å². The van der Waals surface area contributed by atoms with E-state index in [1.807, 2.05) is 35.9 Å². The number of pyridine rings is 1. The zero-order valence-corrected chi connectivity index (χ0v) is 9.84. The van der Waals surface area contributed by atoms with Gasteiger partial charge in [0.25, 0.3) is 0 Å². The highest BCUT2D eigenvalue weighted by molar-refractivity contribution is 5.29. The van der Waals surface area contributed by atoms with Crippen LogP contribution in [0.2, 0.25) is 0 Å². The summed E-state index contributed by atoms with van der Waals surface area (Å²) in [6, 6.07) is 5.68. The third-order valence-electron chi connectivity index (χ3n) is 2.33. The van der Waals surface area contributed by atoms with Gasteiger partial charge >= 0.3 is 0 Å². The fourth-order valence-electron chi connectivity index (χ4n) is 1.62. The lowest BCUT2D eigenvalue weighted by molar-refractivity contribution is 0.326. The molecule has 2 rings (SSSR count). The topological polar surface area (TPSA) is 66.0 Å². The molecule has 0 bridgehead atoms. The number of imidazole rings is 1. The van der Waals surface area contributed by atoms with E-state index >= 15 is 0 Å². The molecule has 0 saturated carbocycles. The van der Waals surface area contributed by atoms with E-state index < -0.39 is 0 Å². The Bertz CT molecular complexity index is 481. The van der Waals surface area contributed by atoms with Crippen molar-refractivity contribution in [3.8, 4) is 11.7 Å². The molecule has 2 N–H and O–H groups in total. The molecule has 0 aliphatic rings. The van der Waals surface area contributed by atoms with Crippen LogP contribution in [0, 0.1) is 0 Å². The van der Waals surface area contributed by atoms with Crippen LogP contribution in [-0.4, -0.2) is 27.7 Å². The van der Waals surface area contributed by atoms with Gasteiger partial charge in [-0.2, -0.15) is 4.98 Å². The van der Waals surface area contributed by atoms with Crippen LogP contribution in [0.4, 0.5) is 0 Å². The first-order chi connectivity index (χ1) is 8.35. The van der Waals surface area contributed by atoms with Gasteiger partial charge in [0.15, 0.2) is 0 Å². The van der Waals surface area contributed by atoms with Gasteiger partial charge < -0.3 is 10.5 Å². The third-order valence-corrected chi connectivity index (χ3v) is 2.33. The largest absolute Gasteiger partial charge is 0.478 e. The molecule has 0 radical (unpaired) electrons. The lowest BCUT2D eigenvalue weighted by Crippen LogP contribution is -2.09. The zero-order valence-electron chi connectivity index (χ0n) is 9.84. The molecular weight excluding hydrogens is 216 g/mol. The Hall–Kier alpha value is -1.88. The van der Waals surface area contributed by atoms with E-state index in [4.69, 9.17) is 10.5 Å². The van der Waals surface area contributed by atoms with Crippen molar-refractivity contribution in [2.75, 3.05) is 13.2 Å². The molecular formula is C12H16N4O. The van der Waals surface area contributed by atoms with E-state index in [9.17, 15) is 0 Å². The number of aromatic nitrogens is 3. The van der Waals surface area contributed by atoms with E-state index in [1.54, 1.807) is 6.20 Å². The van der Waals surface area contributed by atoms with Crippen molar-refractivity contribution in [3.05, 3.63) is 36.4 Å². The Morgan fingerprint density at radius 3 is 3.06 bits per heavy atom. The second-order valence-corrected chi connectivity index (χ2v) is 3.52. The second kappa shape index (κ2) is 5.45. The number of nitrogens with two attached hydrogens (primary N) is 1. The van der Waals surface area contributed by atoms with Gasteiger partial charge in [-0.25, -0.2) is 4.98 Å². The average Bonchev–Trinajstić information content (AvgIpc) is 2.79. The zero-order chi connectivity index (χ0) is 12.1. The highest BCUT2D eigenvalue weighted by Gasteiger charge is 2.06. The van der Waals surface area contributed by atoms with Gasteiger partial charge in [0.1, 0.15) is 11.6 Å². The van der Waals surface area contributed by atoms with Crippen LogP contribution in [0.25, 0.3) is 5.82 Å². The van der Waals surface area contributed by atoms with Gasteiger partial charge in [-0.1, -0.05) is 6.07 Å². The van der Waals surface area contributed by atoms with Gasteiger partial charge in [0.05, 0.1) is 6.61 Å². The number of hydrogen-bond donors (Lipinski definition) is 1. The molecule has 0 unspecified atom stereocenters. The second-order valence-electron chi connectivity index (χ2n) is 3.52. The summed E-state index contributed by atoms with van der Waals surface area (Å²) in [6.07, 6.45) is 4.36. The minimum Gasteiger partial charge on any atom is -0.478 e. The predicted octanol–water partition coefficient (Wildman–Crippen LogP) is 1.17. The maximum Gasteiger partial charge on any atom is 0.215 e. The minimum absolute atomic E-state index is 0.572. The molecule has 0 fully saturated rings. The molecule has 2 heterocycles. The number of hydrogen-bond acceptors (Lipinski definition) is 4. The normalized spacial score (nSPS) is 10.5. The predicted molar refractivity (Wildman–Crippen MR) is 65.3 cm³/mol. The van der Waals surface area contributed by atoms with Crippen molar-refractivity contribution in [2.24, 2.45) is 5.73 Å². The van der Waals surface area contributed by atoms with Crippen molar-refractivity contribution >= 4 is 0 Å². The van der Waals surface area contributed by atoms with Crippen molar-refractivity contribution in [1.29, 1.82) is 0 Å². The molecule has 0 saturated heterocycles. The van der Waals surface area contributed by atoms with Crippen LogP contribution in [0.3, 0.4) is 0 Å². The van der Waals surface area contributed by atoms with E-state index in [0.29, 0.717) is 19.0 Å². The molecule has 0 amide bonds. The highest BCUT2D eigenvalue weighted by atomic mass is 16.5. The molecule has 2 aromatic heterocycles. The summed E-state index contributed by atoms with van der Waals surface area (Å²) in [5.41, 5.74) is 5.55. The Labute approximate surface area is 100 Å². The smallest absolute Gasteiger partial charge is 0.215 e. The van der Waals surface area contributed by atoms with Crippen LogP contribution in [0.15, 0.2) is 30.6 Å². The third kappa shape index (κ3) is 2.62. The summed E-state index contributed by atoms with van der Waals surface area (Å²) in [4.78, 5) is 8.67. The van der Waals surface area contributed by atoms with Crippen molar-refractivity contribution < 1.29 is 4.74 Å². The summed E-state index contributed by atoms with van der Waals surface area (Å²) in [7, 11) is 0. The molecule has 0 aromatic carbocycles. The SMILES string of the molecule is CCOc1cccc(-n2ccnc2CCN)n1. The molecule has 0 spiro atoms. The number of ether oxygens (including phenoxy) is 1. The molecule has 0 aliphatic heterocycles.